The Morgan fingerprint density at radius 3 is 1.04 bits per heavy atom. The first kappa shape index (κ1) is 26.4. The van der Waals surface area contributed by atoms with E-state index in [1.807, 2.05) is 13.8 Å². The molecule has 0 spiro atoms. The third-order valence-electron chi connectivity index (χ3n) is 3.18. The van der Waals surface area contributed by atoms with E-state index in [9.17, 15) is 19.2 Å². The first-order valence-electron chi connectivity index (χ1n) is 8.98. The van der Waals surface area contributed by atoms with E-state index in [0.717, 1.165) is 12.8 Å². The van der Waals surface area contributed by atoms with E-state index in [1.54, 1.807) is 0 Å². The first-order valence-corrected chi connectivity index (χ1v) is 20.0. The molecule has 0 bridgehead atoms. The normalized spacial score (nSPS) is 11.5. The molecular formula is C16H30O9Sn2. The van der Waals surface area contributed by atoms with E-state index in [4.69, 9.17) is 13.7 Å². The molecule has 27 heavy (non-hydrogen) atoms. The zero-order chi connectivity index (χ0) is 21.1. The van der Waals surface area contributed by atoms with Gasteiger partial charge in [-0.1, -0.05) is 0 Å². The van der Waals surface area contributed by atoms with Gasteiger partial charge in [0.2, 0.25) is 0 Å². The Hall–Kier alpha value is -0.563. The molecule has 0 aromatic carbocycles. The summed E-state index contributed by atoms with van der Waals surface area (Å²) in [7, 11) is 0. The van der Waals surface area contributed by atoms with Crippen molar-refractivity contribution >= 4 is 63.1 Å². The van der Waals surface area contributed by atoms with Crippen LogP contribution in [0.25, 0.3) is 0 Å². The number of carbonyl (C=O) groups is 4. The summed E-state index contributed by atoms with van der Waals surface area (Å²) in [4.78, 5) is 46.9. The SMILES string of the molecule is CCC[CH2][Sn]([O]C(C)=O)([O]C(C)=O)[O][Sn]([CH2]CCC)([O]C(C)=O)[O]C(C)=O. The van der Waals surface area contributed by atoms with Crippen molar-refractivity contribution in [2.45, 2.75) is 76.1 Å². The summed E-state index contributed by atoms with van der Waals surface area (Å²) in [6.07, 6.45) is 2.63. The van der Waals surface area contributed by atoms with E-state index in [2.05, 4.69) is 0 Å². The van der Waals surface area contributed by atoms with Gasteiger partial charge < -0.3 is 0 Å². The molecule has 0 atom stereocenters. The Kier molecular flexibility index (Phi) is 12.5. The molecule has 0 aliphatic rings. The van der Waals surface area contributed by atoms with Gasteiger partial charge in [-0.05, 0) is 0 Å². The minimum atomic E-state index is -4.85. The van der Waals surface area contributed by atoms with Gasteiger partial charge in [0.25, 0.3) is 0 Å². The van der Waals surface area contributed by atoms with E-state index in [-0.39, 0.29) is 8.87 Å². The zero-order valence-corrected chi connectivity index (χ0v) is 22.6. The number of hydrogen-bond donors (Lipinski definition) is 0. The minimum absolute atomic E-state index is 0.220. The van der Waals surface area contributed by atoms with Gasteiger partial charge in [0.15, 0.2) is 0 Å². The second kappa shape index (κ2) is 12.8. The summed E-state index contributed by atoms with van der Waals surface area (Å²) in [5, 5.41) is 0. The van der Waals surface area contributed by atoms with Crippen LogP contribution in [-0.4, -0.2) is 63.1 Å². The predicted molar refractivity (Wildman–Crippen MR) is 99.1 cm³/mol. The molecule has 9 nitrogen and oxygen atoms in total. The zero-order valence-electron chi connectivity index (χ0n) is 16.9. The van der Waals surface area contributed by atoms with Crippen molar-refractivity contribution in [2.75, 3.05) is 0 Å². The molecule has 0 aliphatic heterocycles. The molecular weight excluding hydrogens is 574 g/mol. The van der Waals surface area contributed by atoms with Crippen molar-refractivity contribution in [3.05, 3.63) is 0 Å². The Labute approximate surface area is 171 Å². The number of carbonyl (C=O) groups excluding carboxylic acids is 4. The van der Waals surface area contributed by atoms with Gasteiger partial charge in [0.1, 0.15) is 0 Å². The molecule has 0 aromatic rings. The van der Waals surface area contributed by atoms with Crippen molar-refractivity contribution < 1.29 is 32.9 Å². The van der Waals surface area contributed by atoms with E-state index in [0.29, 0.717) is 12.8 Å². The van der Waals surface area contributed by atoms with Crippen LogP contribution >= 0.6 is 0 Å². The van der Waals surface area contributed by atoms with Gasteiger partial charge in [-0.3, -0.25) is 0 Å². The van der Waals surface area contributed by atoms with Crippen LogP contribution in [0.15, 0.2) is 0 Å². The van der Waals surface area contributed by atoms with E-state index < -0.39 is 63.1 Å². The van der Waals surface area contributed by atoms with Crippen LogP contribution in [-0.2, 0) is 32.9 Å². The molecule has 0 amide bonds. The van der Waals surface area contributed by atoms with Crippen molar-refractivity contribution in [3.63, 3.8) is 0 Å². The van der Waals surface area contributed by atoms with Crippen molar-refractivity contribution in [1.82, 2.24) is 0 Å². The van der Waals surface area contributed by atoms with E-state index in [1.165, 1.54) is 27.7 Å². The summed E-state index contributed by atoms with van der Waals surface area (Å²) < 4.78 is 28.3. The van der Waals surface area contributed by atoms with Gasteiger partial charge >= 0.3 is 172 Å². The summed E-state index contributed by atoms with van der Waals surface area (Å²) >= 11 is -9.70. The predicted octanol–water partition coefficient (Wildman–Crippen LogP) is 2.73. The van der Waals surface area contributed by atoms with Crippen LogP contribution in [0.3, 0.4) is 0 Å². The summed E-state index contributed by atoms with van der Waals surface area (Å²) in [5.41, 5.74) is 0. The number of rotatable bonds is 12. The van der Waals surface area contributed by atoms with Crippen LogP contribution in [0.4, 0.5) is 0 Å². The average Bonchev–Trinajstić information content (AvgIpc) is 2.48. The fourth-order valence-electron chi connectivity index (χ4n) is 2.33. The van der Waals surface area contributed by atoms with Gasteiger partial charge in [-0.25, -0.2) is 0 Å². The Bertz CT molecular complexity index is 458. The van der Waals surface area contributed by atoms with Crippen LogP contribution in [0.2, 0.25) is 8.87 Å². The second-order valence-electron chi connectivity index (χ2n) is 6.05. The monoisotopic (exact) mass is 606 g/mol. The molecule has 0 aromatic heterocycles. The molecule has 156 valence electrons. The first-order chi connectivity index (χ1) is 12.5. The van der Waals surface area contributed by atoms with E-state index >= 15 is 0 Å². The van der Waals surface area contributed by atoms with Crippen LogP contribution in [0.5, 0.6) is 0 Å². The van der Waals surface area contributed by atoms with Crippen LogP contribution in [0, 0.1) is 0 Å². The molecule has 0 unspecified atom stereocenters. The summed E-state index contributed by atoms with van der Waals surface area (Å²) in [5.74, 6) is -2.65. The topological polar surface area (TPSA) is 114 Å². The summed E-state index contributed by atoms with van der Waals surface area (Å²) in [6.45, 7) is 8.58. The third-order valence-corrected chi connectivity index (χ3v) is 29.2. The molecule has 0 saturated carbocycles. The molecule has 0 heterocycles. The fraction of sp³-hybridized carbons (Fsp3) is 0.750. The second-order valence-corrected chi connectivity index (χ2v) is 23.5. The maximum absolute atomic E-state index is 11.7. The third kappa shape index (κ3) is 11.1. The van der Waals surface area contributed by atoms with Gasteiger partial charge in [-0.2, -0.15) is 0 Å². The molecule has 0 saturated heterocycles. The Morgan fingerprint density at radius 2 is 0.852 bits per heavy atom. The van der Waals surface area contributed by atoms with Crippen molar-refractivity contribution in [3.8, 4) is 0 Å². The quantitative estimate of drug-likeness (QED) is 0.311. The van der Waals surface area contributed by atoms with Gasteiger partial charge in [0.05, 0.1) is 0 Å². The molecule has 0 N–H and O–H groups in total. The van der Waals surface area contributed by atoms with Gasteiger partial charge in [-0.15, -0.1) is 0 Å². The summed E-state index contributed by atoms with van der Waals surface area (Å²) in [6, 6.07) is 0. The number of hydrogen-bond acceptors (Lipinski definition) is 9. The number of unbranched alkanes of at least 4 members (excludes halogenated alkanes) is 2. The van der Waals surface area contributed by atoms with Gasteiger partial charge in [0, 0.05) is 0 Å². The molecule has 0 rings (SSSR count). The van der Waals surface area contributed by atoms with Crippen molar-refractivity contribution in [1.29, 1.82) is 0 Å². The molecule has 11 heteroatoms. The Morgan fingerprint density at radius 1 is 0.593 bits per heavy atom. The fourth-order valence-corrected chi connectivity index (χ4v) is 31.8. The van der Waals surface area contributed by atoms with Crippen LogP contribution in [0.1, 0.15) is 67.2 Å². The maximum atomic E-state index is 11.7. The van der Waals surface area contributed by atoms with Crippen molar-refractivity contribution in [2.24, 2.45) is 0 Å². The molecule has 0 radical (unpaired) electrons. The average molecular weight is 604 g/mol. The molecule has 0 fully saturated rings. The van der Waals surface area contributed by atoms with Crippen LogP contribution < -0.4 is 0 Å². The standard InChI is InChI=1S/2C4H9.4C2H4O2.O.2Sn/c2*1-3-4-2;4*1-2(3)4;;;/h2*1,3-4H2,2H3;4*1H3,(H,3,4);;;/q;;;;;;;2*+2/p-4. The Balaban J connectivity index is 6.13. The molecule has 0 aliphatic carbocycles.